The van der Waals surface area contributed by atoms with Crippen molar-refractivity contribution in [2.75, 3.05) is 0 Å². The van der Waals surface area contributed by atoms with Crippen molar-refractivity contribution < 1.29 is 9.90 Å². The third kappa shape index (κ3) is 2.73. The molecule has 0 saturated heterocycles. The highest BCUT2D eigenvalue weighted by atomic mass is 16.4. The van der Waals surface area contributed by atoms with E-state index in [0.29, 0.717) is 23.4 Å². The second-order valence-electron chi connectivity index (χ2n) is 5.32. The zero-order valence-electron chi connectivity index (χ0n) is 13.0. The highest BCUT2D eigenvalue weighted by Gasteiger charge is 2.24. The molecule has 116 valence electrons. The van der Waals surface area contributed by atoms with E-state index in [1.807, 2.05) is 44.2 Å². The van der Waals surface area contributed by atoms with Crippen LogP contribution in [-0.4, -0.2) is 25.8 Å². The topological polar surface area (TPSA) is 68.0 Å². The molecule has 0 fully saturated rings. The van der Waals surface area contributed by atoms with Gasteiger partial charge >= 0.3 is 5.97 Å². The van der Waals surface area contributed by atoms with Gasteiger partial charge in [-0.1, -0.05) is 19.1 Å². The van der Waals surface area contributed by atoms with Crippen LogP contribution in [-0.2, 0) is 6.42 Å². The normalized spacial score (nSPS) is 10.7. The van der Waals surface area contributed by atoms with Crippen LogP contribution in [0.15, 0.2) is 48.8 Å². The highest BCUT2D eigenvalue weighted by molar-refractivity contribution is 5.96. The van der Waals surface area contributed by atoms with Crippen LogP contribution in [0.3, 0.4) is 0 Å². The molecule has 0 unspecified atom stereocenters. The predicted molar refractivity (Wildman–Crippen MR) is 87.9 cm³/mol. The number of carboxylic acids is 1. The summed E-state index contributed by atoms with van der Waals surface area (Å²) in [5.41, 5.74) is 4.03. The van der Waals surface area contributed by atoms with Crippen LogP contribution in [0.4, 0.5) is 0 Å². The summed E-state index contributed by atoms with van der Waals surface area (Å²) in [6.45, 7) is 3.93. The summed E-state index contributed by atoms with van der Waals surface area (Å²) in [5, 5.41) is 14.3. The van der Waals surface area contributed by atoms with E-state index < -0.39 is 5.97 Å². The lowest BCUT2D eigenvalue weighted by Gasteiger charge is -2.07. The lowest BCUT2D eigenvalue weighted by atomic mass is 10.1. The number of hydrogen-bond acceptors (Lipinski definition) is 3. The van der Waals surface area contributed by atoms with E-state index in [9.17, 15) is 9.90 Å². The van der Waals surface area contributed by atoms with Gasteiger partial charge in [0.05, 0.1) is 11.4 Å². The molecule has 3 rings (SSSR count). The molecule has 0 bridgehead atoms. The minimum absolute atomic E-state index is 0.238. The molecule has 5 heteroatoms. The maximum absolute atomic E-state index is 11.8. The molecule has 2 aromatic heterocycles. The quantitative estimate of drug-likeness (QED) is 0.801. The monoisotopic (exact) mass is 307 g/mol. The lowest BCUT2D eigenvalue weighted by molar-refractivity contribution is 0.0696. The Balaban J connectivity index is 2.28. The number of carbonyl (C=O) groups is 1. The summed E-state index contributed by atoms with van der Waals surface area (Å²) in [4.78, 5) is 15.9. The molecular weight excluding hydrogens is 290 g/mol. The summed E-state index contributed by atoms with van der Waals surface area (Å²) >= 11 is 0. The number of carboxylic acid groups (broad SMARTS) is 1. The first-order valence-electron chi connectivity index (χ1n) is 7.44. The average Bonchev–Trinajstić information content (AvgIpc) is 2.95. The van der Waals surface area contributed by atoms with E-state index in [0.717, 1.165) is 11.3 Å². The van der Waals surface area contributed by atoms with Gasteiger partial charge in [-0.15, -0.1) is 0 Å². The standard InChI is InChI=1S/C18H17N3O2/c1-3-15-16(18(22)23)17(13-7-5-9-19-11-13)20-21(15)14-8-4-6-12(2)10-14/h4-11H,3H2,1-2H3,(H,22,23). The molecule has 0 atom stereocenters. The van der Waals surface area contributed by atoms with Crippen LogP contribution >= 0.6 is 0 Å². The van der Waals surface area contributed by atoms with Gasteiger partial charge in [0.1, 0.15) is 11.3 Å². The molecule has 1 N–H and O–H groups in total. The summed E-state index contributed by atoms with van der Waals surface area (Å²) < 4.78 is 1.72. The van der Waals surface area contributed by atoms with Gasteiger partial charge in [0.2, 0.25) is 0 Å². The van der Waals surface area contributed by atoms with Crippen molar-refractivity contribution in [3.63, 3.8) is 0 Å². The largest absolute Gasteiger partial charge is 0.478 e. The van der Waals surface area contributed by atoms with Crippen molar-refractivity contribution in [3.8, 4) is 16.9 Å². The average molecular weight is 307 g/mol. The Labute approximate surface area is 134 Å². The van der Waals surface area contributed by atoms with Crippen molar-refractivity contribution in [1.82, 2.24) is 14.8 Å². The molecule has 0 aliphatic rings. The maximum Gasteiger partial charge on any atom is 0.339 e. The summed E-state index contributed by atoms with van der Waals surface area (Å²) in [6, 6.07) is 11.5. The minimum Gasteiger partial charge on any atom is -0.478 e. The van der Waals surface area contributed by atoms with Crippen molar-refractivity contribution in [2.45, 2.75) is 20.3 Å². The number of hydrogen-bond donors (Lipinski definition) is 1. The molecule has 5 nitrogen and oxygen atoms in total. The van der Waals surface area contributed by atoms with Crippen LogP contribution < -0.4 is 0 Å². The molecule has 0 radical (unpaired) electrons. The fraction of sp³-hybridized carbons (Fsp3) is 0.167. The predicted octanol–water partition coefficient (Wildman–Crippen LogP) is 3.50. The first-order chi connectivity index (χ1) is 11.1. The third-order valence-corrected chi connectivity index (χ3v) is 3.71. The second kappa shape index (κ2) is 6.04. The smallest absolute Gasteiger partial charge is 0.339 e. The van der Waals surface area contributed by atoms with Crippen LogP contribution in [0.25, 0.3) is 16.9 Å². The van der Waals surface area contributed by atoms with Crippen LogP contribution in [0, 0.1) is 6.92 Å². The number of rotatable bonds is 4. The van der Waals surface area contributed by atoms with Gasteiger partial charge in [0, 0.05) is 18.0 Å². The van der Waals surface area contributed by atoms with Crippen molar-refractivity contribution in [3.05, 3.63) is 65.6 Å². The Hall–Kier alpha value is -2.95. The zero-order valence-corrected chi connectivity index (χ0v) is 13.0. The first-order valence-corrected chi connectivity index (χ1v) is 7.44. The van der Waals surface area contributed by atoms with Gasteiger partial charge in [0.15, 0.2) is 0 Å². The molecule has 0 amide bonds. The maximum atomic E-state index is 11.8. The Morgan fingerprint density at radius 1 is 1.26 bits per heavy atom. The number of aromatic carboxylic acids is 1. The second-order valence-corrected chi connectivity index (χ2v) is 5.32. The summed E-state index contributed by atoms with van der Waals surface area (Å²) in [5.74, 6) is -0.973. The van der Waals surface area contributed by atoms with E-state index in [2.05, 4.69) is 10.1 Å². The van der Waals surface area contributed by atoms with Gasteiger partial charge in [0.25, 0.3) is 0 Å². The Morgan fingerprint density at radius 3 is 2.70 bits per heavy atom. The van der Waals surface area contributed by atoms with Crippen LogP contribution in [0.1, 0.15) is 28.5 Å². The molecule has 3 aromatic rings. The van der Waals surface area contributed by atoms with Gasteiger partial charge < -0.3 is 5.11 Å². The van der Waals surface area contributed by atoms with Gasteiger partial charge in [-0.25, -0.2) is 9.48 Å². The number of nitrogens with zero attached hydrogens (tertiary/aromatic N) is 3. The lowest BCUT2D eigenvalue weighted by Crippen LogP contribution is -2.05. The molecule has 0 spiro atoms. The van der Waals surface area contributed by atoms with E-state index in [1.165, 1.54) is 0 Å². The van der Waals surface area contributed by atoms with E-state index in [4.69, 9.17) is 0 Å². The zero-order chi connectivity index (χ0) is 16.4. The van der Waals surface area contributed by atoms with Crippen molar-refractivity contribution in [2.24, 2.45) is 0 Å². The van der Waals surface area contributed by atoms with Crippen LogP contribution in [0.5, 0.6) is 0 Å². The number of aromatic nitrogens is 3. The molecule has 23 heavy (non-hydrogen) atoms. The van der Waals surface area contributed by atoms with E-state index in [1.54, 1.807) is 23.1 Å². The van der Waals surface area contributed by atoms with E-state index >= 15 is 0 Å². The van der Waals surface area contributed by atoms with Crippen molar-refractivity contribution in [1.29, 1.82) is 0 Å². The van der Waals surface area contributed by atoms with E-state index in [-0.39, 0.29) is 5.56 Å². The third-order valence-electron chi connectivity index (χ3n) is 3.71. The minimum atomic E-state index is -0.973. The number of benzene rings is 1. The SMILES string of the molecule is CCc1c(C(=O)O)c(-c2cccnc2)nn1-c1cccc(C)c1. The van der Waals surface area contributed by atoms with Crippen LogP contribution in [0.2, 0.25) is 0 Å². The van der Waals surface area contributed by atoms with Gasteiger partial charge in [-0.05, 0) is 43.2 Å². The molecule has 0 saturated carbocycles. The first kappa shape index (κ1) is 15.0. The van der Waals surface area contributed by atoms with Crippen molar-refractivity contribution >= 4 is 5.97 Å². The highest BCUT2D eigenvalue weighted by Crippen LogP contribution is 2.27. The summed E-state index contributed by atoms with van der Waals surface area (Å²) in [6.07, 6.45) is 3.86. The number of pyridine rings is 1. The fourth-order valence-electron chi connectivity index (χ4n) is 2.68. The molecule has 0 aliphatic heterocycles. The fourth-order valence-corrected chi connectivity index (χ4v) is 2.68. The Bertz CT molecular complexity index is 854. The van der Waals surface area contributed by atoms with Gasteiger partial charge in [-0.3, -0.25) is 4.98 Å². The molecule has 2 heterocycles. The van der Waals surface area contributed by atoms with Gasteiger partial charge in [-0.2, -0.15) is 5.10 Å². The molecule has 0 aliphatic carbocycles. The molecular formula is C18H17N3O2. The molecule has 1 aromatic carbocycles. The summed E-state index contributed by atoms with van der Waals surface area (Å²) in [7, 11) is 0. The number of aryl methyl sites for hydroxylation is 1. The Kier molecular flexibility index (Phi) is 3.93. The Morgan fingerprint density at radius 2 is 2.09 bits per heavy atom.